The van der Waals surface area contributed by atoms with Crippen LogP contribution in [-0.4, -0.2) is 26.3 Å². The molecule has 0 heterocycles. The second kappa shape index (κ2) is 12.1. The first-order valence-electron chi connectivity index (χ1n) is 6.62. The predicted octanol–water partition coefficient (Wildman–Crippen LogP) is 2.34. The smallest absolute Gasteiger partial charge is 0.122 e. The van der Waals surface area contributed by atoms with Crippen LogP contribution in [0.2, 0.25) is 0 Å². The lowest BCUT2D eigenvalue weighted by Gasteiger charge is -2.09. The summed E-state index contributed by atoms with van der Waals surface area (Å²) in [6, 6.07) is 7.74. The first kappa shape index (κ1) is 18.0. The van der Waals surface area contributed by atoms with Crippen LogP contribution < -0.4 is 20.9 Å². The molecule has 0 aromatic heterocycles. The fraction of sp³-hybridized carbons (Fsp3) is 0.571. The number of hydrogen-bond donors (Lipinski definition) is 2. The van der Waals surface area contributed by atoms with E-state index in [1.807, 2.05) is 24.3 Å². The Hall–Kier alpha value is -0.970. The minimum atomic E-state index is 0. The first-order chi connectivity index (χ1) is 8.86. The normalized spacial score (nSPS) is 9.79. The van der Waals surface area contributed by atoms with Crippen molar-refractivity contribution in [2.75, 3.05) is 26.3 Å². The Morgan fingerprint density at radius 3 is 1.68 bits per heavy atom. The Kier molecular flexibility index (Phi) is 11.5. The van der Waals surface area contributed by atoms with E-state index in [-0.39, 0.29) is 12.4 Å². The lowest BCUT2D eigenvalue weighted by molar-refractivity contribution is 0.293. The Morgan fingerprint density at radius 1 is 0.789 bits per heavy atom. The molecule has 0 aliphatic heterocycles. The highest BCUT2D eigenvalue weighted by molar-refractivity contribution is 5.85. The zero-order valence-corrected chi connectivity index (χ0v) is 12.2. The molecule has 0 unspecified atom stereocenters. The SMILES string of the molecule is Cl.NCCCCOc1cccc(OCCCCN)c1. The molecule has 0 spiro atoms. The Labute approximate surface area is 121 Å². The molecule has 5 heteroatoms. The van der Waals surface area contributed by atoms with Gasteiger partial charge in [-0.05, 0) is 50.9 Å². The summed E-state index contributed by atoms with van der Waals surface area (Å²) in [5.74, 6) is 1.70. The molecule has 1 aromatic carbocycles. The summed E-state index contributed by atoms with van der Waals surface area (Å²) in [6.07, 6.45) is 3.96. The maximum Gasteiger partial charge on any atom is 0.122 e. The van der Waals surface area contributed by atoms with E-state index >= 15 is 0 Å². The van der Waals surface area contributed by atoms with E-state index in [0.717, 1.165) is 37.2 Å². The average molecular weight is 289 g/mol. The van der Waals surface area contributed by atoms with Crippen molar-refractivity contribution < 1.29 is 9.47 Å². The van der Waals surface area contributed by atoms with E-state index < -0.39 is 0 Å². The van der Waals surface area contributed by atoms with Gasteiger partial charge in [0.15, 0.2) is 0 Å². The van der Waals surface area contributed by atoms with Gasteiger partial charge in [-0.2, -0.15) is 0 Å². The lowest BCUT2D eigenvalue weighted by Crippen LogP contribution is -2.04. The quantitative estimate of drug-likeness (QED) is 0.648. The van der Waals surface area contributed by atoms with Gasteiger partial charge in [-0.25, -0.2) is 0 Å². The summed E-state index contributed by atoms with van der Waals surface area (Å²) in [4.78, 5) is 0. The van der Waals surface area contributed by atoms with Gasteiger partial charge in [0.2, 0.25) is 0 Å². The highest BCUT2D eigenvalue weighted by atomic mass is 35.5. The summed E-state index contributed by atoms with van der Waals surface area (Å²) in [6.45, 7) is 2.84. The largest absolute Gasteiger partial charge is 0.493 e. The molecule has 4 nitrogen and oxygen atoms in total. The van der Waals surface area contributed by atoms with E-state index in [0.29, 0.717) is 26.3 Å². The summed E-state index contributed by atoms with van der Waals surface area (Å²) in [5, 5.41) is 0. The molecule has 0 amide bonds. The average Bonchev–Trinajstić information content (AvgIpc) is 2.40. The zero-order valence-electron chi connectivity index (χ0n) is 11.3. The van der Waals surface area contributed by atoms with E-state index in [9.17, 15) is 0 Å². The summed E-state index contributed by atoms with van der Waals surface area (Å²) < 4.78 is 11.2. The van der Waals surface area contributed by atoms with Gasteiger partial charge in [-0.1, -0.05) is 6.07 Å². The molecule has 0 atom stereocenters. The van der Waals surface area contributed by atoms with Gasteiger partial charge in [0, 0.05) is 6.07 Å². The number of halogens is 1. The van der Waals surface area contributed by atoms with Crippen LogP contribution in [0, 0.1) is 0 Å². The molecule has 4 N–H and O–H groups in total. The van der Waals surface area contributed by atoms with E-state index in [1.54, 1.807) is 0 Å². The molecule has 110 valence electrons. The number of ether oxygens (including phenoxy) is 2. The first-order valence-corrected chi connectivity index (χ1v) is 6.62. The fourth-order valence-electron chi connectivity index (χ4n) is 1.53. The Balaban J connectivity index is 0.00000324. The van der Waals surface area contributed by atoms with Crippen LogP contribution >= 0.6 is 12.4 Å². The van der Waals surface area contributed by atoms with Crippen LogP contribution in [0.4, 0.5) is 0 Å². The highest BCUT2D eigenvalue weighted by Gasteiger charge is 1.98. The molecular formula is C14H25ClN2O2. The van der Waals surface area contributed by atoms with Gasteiger partial charge < -0.3 is 20.9 Å². The lowest BCUT2D eigenvalue weighted by atomic mass is 10.3. The monoisotopic (exact) mass is 288 g/mol. The zero-order chi connectivity index (χ0) is 13.1. The minimum absolute atomic E-state index is 0. The number of unbranched alkanes of at least 4 members (excludes halogenated alkanes) is 2. The van der Waals surface area contributed by atoms with Gasteiger partial charge >= 0.3 is 0 Å². The van der Waals surface area contributed by atoms with Gasteiger partial charge in [0.1, 0.15) is 11.5 Å². The molecule has 0 aliphatic rings. The van der Waals surface area contributed by atoms with Crippen molar-refractivity contribution in [1.82, 2.24) is 0 Å². The number of nitrogens with two attached hydrogens (primary N) is 2. The Morgan fingerprint density at radius 2 is 1.26 bits per heavy atom. The van der Waals surface area contributed by atoms with Crippen molar-refractivity contribution >= 4 is 12.4 Å². The Bertz CT molecular complexity index is 297. The van der Waals surface area contributed by atoms with Crippen LogP contribution in [0.25, 0.3) is 0 Å². The third-order valence-corrected chi connectivity index (χ3v) is 2.54. The maximum atomic E-state index is 5.62. The standard InChI is InChI=1S/C14H24N2O2.ClH/c15-8-1-3-10-17-13-6-5-7-14(12-13)18-11-4-2-9-16;/h5-7,12H,1-4,8-11,15-16H2;1H. The van der Waals surface area contributed by atoms with Crippen molar-refractivity contribution in [2.24, 2.45) is 11.5 Å². The van der Waals surface area contributed by atoms with Gasteiger partial charge in [-0.15, -0.1) is 12.4 Å². The molecule has 19 heavy (non-hydrogen) atoms. The van der Waals surface area contributed by atoms with Crippen molar-refractivity contribution in [3.05, 3.63) is 24.3 Å². The number of benzene rings is 1. The predicted molar refractivity (Wildman–Crippen MR) is 81.3 cm³/mol. The van der Waals surface area contributed by atoms with Crippen molar-refractivity contribution in [2.45, 2.75) is 25.7 Å². The molecule has 0 saturated heterocycles. The van der Waals surface area contributed by atoms with E-state index in [2.05, 4.69) is 0 Å². The highest BCUT2D eigenvalue weighted by Crippen LogP contribution is 2.19. The minimum Gasteiger partial charge on any atom is -0.493 e. The second-order valence-corrected chi connectivity index (χ2v) is 4.16. The topological polar surface area (TPSA) is 70.5 Å². The van der Waals surface area contributed by atoms with Gasteiger partial charge in [0.25, 0.3) is 0 Å². The number of rotatable bonds is 10. The molecule has 0 saturated carbocycles. The molecular weight excluding hydrogens is 264 g/mol. The summed E-state index contributed by atoms with van der Waals surface area (Å²) >= 11 is 0. The third kappa shape index (κ3) is 8.70. The van der Waals surface area contributed by atoms with Crippen LogP contribution in [0.15, 0.2) is 24.3 Å². The van der Waals surface area contributed by atoms with E-state index in [4.69, 9.17) is 20.9 Å². The molecule has 1 aromatic rings. The summed E-state index contributed by atoms with van der Waals surface area (Å²) in [5.41, 5.74) is 10.9. The fourth-order valence-corrected chi connectivity index (χ4v) is 1.53. The van der Waals surface area contributed by atoms with Gasteiger partial charge in [-0.3, -0.25) is 0 Å². The van der Waals surface area contributed by atoms with Crippen molar-refractivity contribution in [1.29, 1.82) is 0 Å². The molecule has 0 fully saturated rings. The van der Waals surface area contributed by atoms with Crippen LogP contribution in [0.5, 0.6) is 11.5 Å². The summed E-state index contributed by atoms with van der Waals surface area (Å²) in [7, 11) is 0. The van der Waals surface area contributed by atoms with Crippen LogP contribution in [0.1, 0.15) is 25.7 Å². The molecule has 1 rings (SSSR count). The van der Waals surface area contributed by atoms with Gasteiger partial charge in [0.05, 0.1) is 13.2 Å². The number of hydrogen-bond acceptors (Lipinski definition) is 4. The maximum absolute atomic E-state index is 5.62. The van der Waals surface area contributed by atoms with Crippen LogP contribution in [-0.2, 0) is 0 Å². The molecule has 0 radical (unpaired) electrons. The van der Waals surface area contributed by atoms with Crippen LogP contribution in [0.3, 0.4) is 0 Å². The van der Waals surface area contributed by atoms with Crippen molar-refractivity contribution in [3.8, 4) is 11.5 Å². The van der Waals surface area contributed by atoms with Crippen molar-refractivity contribution in [3.63, 3.8) is 0 Å². The van der Waals surface area contributed by atoms with E-state index in [1.165, 1.54) is 0 Å². The third-order valence-electron chi connectivity index (χ3n) is 2.54. The molecule has 0 aliphatic carbocycles. The molecule has 0 bridgehead atoms. The second-order valence-electron chi connectivity index (χ2n) is 4.16.